The summed E-state index contributed by atoms with van der Waals surface area (Å²) < 4.78 is 26.7. The van der Waals surface area contributed by atoms with Crippen molar-refractivity contribution < 1.29 is 8.42 Å². The molecule has 0 aliphatic carbocycles. The van der Waals surface area contributed by atoms with Crippen LogP contribution in [0.1, 0.15) is 31.4 Å². The Hall–Kier alpha value is -1.38. The number of nitrogens with one attached hydrogen (secondary N) is 1. The fourth-order valence-electron chi connectivity index (χ4n) is 1.58. The van der Waals surface area contributed by atoms with Crippen LogP contribution in [0.25, 0.3) is 0 Å². The Kier molecular flexibility index (Phi) is 4.88. The van der Waals surface area contributed by atoms with Gasteiger partial charge in [-0.2, -0.15) is 5.26 Å². The van der Waals surface area contributed by atoms with Gasteiger partial charge in [0.1, 0.15) is 0 Å². The molecule has 5 heteroatoms. The van der Waals surface area contributed by atoms with Gasteiger partial charge in [-0.05, 0) is 43.0 Å². The van der Waals surface area contributed by atoms with Gasteiger partial charge in [0.05, 0.1) is 16.5 Å². The van der Waals surface area contributed by atoms with Gasteiger partial charge in [0, 0.05) is 6.54 Å². The lowest BCUT2D eigenvalue weighted by atomic mass is 10.1. The van der Waals surface area contributed by atoms with E-state index >= 15 is 0 Å². The number of benzene rings is 1. The molecular formula is C13H18N2O2S. The van der Waals surface area contributed by atoms with E-state index in [0.717, 1.165) is 6.42 Å². The smallest absolute Gasteiger partial charge is 0.211 e. The zero-order valence-corrected chi connectivity index (χ0v) is 11.7. The van der Waals surface area contributed by atoms with Crippen molar-refractivity contribution in [1.82, 2.24) is 4.72 Å². The molecule has 0 spiro atoms. The molecule has 0 aromatic heterocycles. The topological polar surface area (TPSA) is 70.0 Å². The highest BCUT2D eigenvalue weighted by atomic mass is 32.2. The van der Waals surface area contributed by atoms with Gasteiger partial charge >= 0.3 is 0 Å². The second-order valence-electron chi connectivity index (χ2n) is 4.67. The third-order valence-electron chi connectivity index (χ3n) is 2.61. The summed E-state index contributed by atoms with van der Waals surface area (Å²) in [5.41, 5.74) is 1.06. The standard InChI is InChI=1S/C13H18N2O2S/c1-10(2)6-7-15-18(16,17)13-5-4-12(9-14)8-11(13)3/h4-5,8,10,15H,6-7H2,1-3H3. The third kappa shape index (κ3) is 3.83. The molecule has 0 aliphatic heterocycles. The lowest BCUT2D eigenvalue weighted by Gasteiger charge is -2.10. The maximum atomic E-state index is 12.0. The fourth-order valence-corrected chi connectivity index (χ4v) is 2.85. The second-order valence-corrected chi connectivity index (χ2v) is 6.41. The Morgan fingerprint density at radius 2 is 2.06 bits per heavy atom. The number of nitriles is 1. The van der Waals surface area contributed by atoms with E-state index < -0.39 is 10.0 Å². The van der Waals surface area contributed by atoms with Crippen LogP contribution in [0.15, 0.2) is 23.1 Å². The SMILES string of the molecule is Cc1cc(C#N)ccc1S(=O)(=O)NCCC(C)C. The van der Waals surface area contributed by atoms with Crippen LogP contribution in [-0.4, -0.2) is 15.0 Å². The van der Waals surface area contributed by atoms with Gasteiger partial charge in [0.25, 0.3) is 0 Å². The summed E-state index contributed by atoms with van der Waals surface area (Å²) in [5.74, 6) is 0.453. The highest BCUT2D eigenvalue weighted by Gasteiger charge is 2.16. The molecule has 4 nitrogen and oxygen atoms in total. The molecule has 0 saturated heterocycles. The Labute approximate surface area is 109 Å². The Bertz CT molecular complexity index is 557. The Balaban J connectivity index is 2.89. The average molecular weight is 266 g/mol. The van der Waals surface area contributed by atoms with Gasteiger partial charge in [-0.3, -0.25) is 0 Å². The lowest BCUT2D eigenvalue weighted by molar-refractivity contribution is 0.551. The number of hydrogen-bond donors (Lipinski definition) is 1. The van der Waals surface area contributed by atoms with Crippen molar-refractivity contribution in [3.05, 3.63) is 29.3 Å². The first-order valence-electron chi connectivity index (χ1n) is 5.87. The number of hydrogen-bond acceptors (Lipinski definition) is 3. The Morgan fingerprint density at radius 1 is 1.39 bits per heavy atom. The van der Waals surface area contributed by atoms with Crippen LogP contribution in [0, 0.1) is 24.2 Å². The first-order valence-corrected chi connectivity index (χ1v) is 7.35. The molecule has 18 heavy (non-hydrogen) atoms. The van der Waals surface area contributed by atoms with E-state index in [1.165, 1.54) is 12.1 Å². The largest absolute Gasteiger partial charge is 0.240 e. The molecule has 1 N–H and O–H groups in total. The molecule has 0 atom stereocenters. The summed E-state index contributed by atoms with van der Waals surface area (Å²) in [5, 5.41) is 8.74. The van der Waals surface area contributed by atoms with Crippen molar-refractivity contribution in [2.45, 2.75) is 32.1 Å². The van der Waals surface area contributed by atoms with E-state index in [1.807, 2.05) is 19.9 Å². The van der Waals surface area contributed by atoms with Crippen LogP contribution in [0.4, 0.5) is 0 Å². The second kappa shape index (κ2) is 5.98. The van der Waals surface area contributed by atoms with Crippen molar-refractivity contribution in [1.29, 1.82) is 5.26 Å². The van der Waals surface area contributed by atoms with Crippen molar-refractivity contribution in [2.24, 2.45) is 5.92 Å². The zero-order chi connectivity index (χ0) is 13.8. The van der Waals surface area contributed by atoms with Crippen molar-refractivity contribution in [3.63, 3.8) is 0 Å². The molecule has 1 aromatic carbocycles. The van der Waals surface area contributed by atoms with Gasteiger partial charge in [0.15, 0.2) is 0 Å². The summed E-state index contributed by atoms with van der Waals surface area (Å²) in [6.45, 7) is 6.21. The van der Waals surface area contributed by atoms with Crippen LogP contribution in [0.3, 0.4) is 0 Å². The van der Waals surface area contributed by atoms with Gasteiger partial charge in [0.2, 0.25) is 10.0 Å². The van der Waals surface area contributed by atoms with Crippen LogP contribution in [0.2, 0.25) is 0 Å². The number of sulfonamides is 1. The number of rotatable bonds is 5. The van der Waals surface area contributed by atoms with E-state index in [4.69, 9.17) is 5.26 Å². The van der Waals surface area contributed by atoms with Gasteiger partial charge < -0.3 is 0 Å². The summed E-state index contributed by atoms with van der Waals surface area (Å²) in [4.78, 5) is 0.241. The molecule has 0 heterocycles. The van der Waals surface area contributed by atoms with E-state index in [2.05, 4.69) is 4.72 Å². The maximum absolute atomic E-state index is 12.0. The van der Waals surface area contributed by atoms with Gasteiger partial charge in [-0.1, -0.05) is 13.8 Å². The summed E-state index contributed by atoms with van der Waals surface area (Å²) in [7, 11) is -3.47. The molecule has 1 rings (SSSR count). The van der Waals surface area contributed by atoms with Gasteiger partial charge in [-0.15, -0.1) is 0 Å². The van der Waals surface area contributed by atoms with E-state index in [1.54, 1.807) is 13.0 Å². The molecule has 1 aromatic rings. The molecule has 0 aliphatic rings. The number of nitrogens with zero attached hydrogens (tertiary/aromatic N) is 1. The minimum absolute atomic E-state index is 0.241. The highest BCUT2D eigenvalue weighted by molar-refractivity contribution is 7.89. The lowest BCUT2D eigenvalue weighted by Crippen LogP contribution is -2.26. The molecular weight excluding hydrogens is 248 g/mol. The van der Waals surface area contributed by atoms with E-state index in [-0.39, 0.29) is 4.90 Å². The first kappa shape index (κ1) is 14.7. The summed E-state index contributed by atoms with van der Waals surface area (Å²) in [6.07, 6.45) is 0.800. The molecule has 0 unspecified atom stereocenters. The minimum Gasteiger partial charge on any atom is -0.211 e. The quantitative estimate of drug-likeness (QED) is 0.888. The van der Waals surface area contributed by atoms with Crippen LogP contribution in [0.5, 0.6) is 0 Å². The normalized spacial score (nSPS) is 11.5. The monoisotopic (exact) mass is 266 g/mol. The molecule has 0 bridgehead atoms. The molecule has 0 radical (unpaired) electrons. The molecule has 0 amide bonds. The van der Waals surface area contributed by atoms with Crippen LogP contribution in [-0.2, 0) is 10.0 Å². The first-order chi connectivity index (χ1) is 8.36. The van der Waals surface area contributed by atoms with Crippen molar-refractivity contribution in [2.75, 3.05) is 6.54 Å². The van der Waals surface area contributed by atoms with Crippen molar-refractivity contribution in [3.8, 4) is 6.07 Å². The van der Waals surface area contributed by atoms with Crippen LogP contribution >= 0.6 is 0 Å². The van der Waals surface area contributed by atoms with Crippen LogP contribution < -0.4 is 4.72 Å². The fraction of sp³-hybridized carbons (Fsp3) is 0.462. The average Bonchev–Trinajstić information content (AvgIpc) is 2.27. The molecule has 0 fully saturated rings. The summed E-state index contributed by atoms with van der Waals surface area (Å²) >= 11 is 0. The Morgan fingerprint density at radius 3 is 2.56 bits per heavy atom. The molecule has 98 valence electrons. The van der Waals surface area contributed by atoms with E-state index in [0.29, 0.717) is 23.6 Å². The van der Waals surface area contributed by atoms with Crippen molar-refractivity contribution >= 4 is 10.0 Å². The number of aryl methyl sites for hydroxylation is 1. The predicted molar refractivity (Wildman–Crippen MR) is 70.5 cm³/mol. The predicted octanol–water partition coefficient (Wildman–Crippen LogP) is 2.19. The minimum atomic E-state index is -3.47. The highest BCUT2D eigenvalue weighted by Crippen LogP contribution is 2.16. The van der Waals surface area contributed by atoms with Gasteiger partial charge in [-0.25, -0.2) is 13.1 Å². The van der Waals surface area contributed by atoms with E-state index in [9.17, 15) is 8.42 Å². The molecule has 0 saturated carbocycles. The zero-order valence-electron chi connectivity index (χ0n) is 10.9. The third-order valence-corrected chi connectivity index (χ3v) is 4.23. The summed E-state index contributed by atoms with van der Waals surface area (Å²) in [6, 6.07) is 6.57. The maximum Gasteiger partial charge on any atom is 0.240 e.